The van der Waals surface area contributed by atoms with Crippen LogP contribution in [0.4, 0.5) is 0 Å². The molecule has 0 aromatic rings. The first-order chi connectivity index (χ1) is 5.62. The normalized spacial score (nSPS) is 32.0. The smallest absolute Gasteiger partial charge is 0.0673 e. The maximum Gasteiger partial charge on any atom is 0.0673 e. The Balaban J connectivity index is 2.42. The largest absolute Gasteiger partial charge is 0.390 e. The molecule has 1 aliphatic heterocycles. The predicted octanol–water partition coefficient (Wildman–Crippen LogP) is 1.96. The molecule has 1 aliphatic rings. The lowest BCUT2D eigenvalue weighted by atomic mass is 9.86. The summed E-state index contributed by atoms with van der Waals surface area (Å²) in [5.74, 6) is 0.577. The molecule has 1 fully saturated rings. The number of hydrogen-bond donors (Lipinski definition) is 1. The molecule has 0 aromatic carbocycles. The standard InChI is InChI=1S/C10H20O2/c1-9(2)8-10(11)4-3-6-12-7-5-10/h9,11H,3-8H2,1-2H3. The zero-order valence-corrected chi connectivity index (χ0v) is 8.18. The van der Waals surface area contributed by atoms with Crippen LogP contribution < -0.4 is 0 Å². The predicted molar refractivity (Wildman–Crippen MR) is 49.1 cm³/mol. The molecule has 0 saturated carbocycles. The van der Waals surface area contributed by atoms with Gasteiger partial charge in [-0.15, -0.1) is 0 Å². The second-order valence-corrected chi connectivity index (χ2v) is 4.29. The molecule has 2 heteroatoms. The van der Waals surface area contributed by atoms with E-state index in [1.165, 1.54) is 0 Å². The van der Waals surface area contributed by atoms with E-state index in [1.54, 1.807) is 0 Å². The molecule has 0 amide bonds. The summed E-state index contributed by atoms with van der Waals surface area (Å²) in [7, 11) is 0. The molecule has 1 rings (SSSR count). The molecule has 1 N–H and O–H groups in total. The van der Waals surface area contributed by atoms with E-state index in [4.69, 9.17) is 4.74 Å². The van der Waals surface area contributed by atoms with Gasteiger partial charge < -0.3 is 9.84 Å². The molecular formula is C10H20O2. The van der Waals surface area contributed by atoms with Crippen molar-refractivity contribution in [3.8, 4) is 0 Å². The van der Waals surface area contributed by atoms with Gasteiger partial charge >= 0.3 is 0 Å². The second-order valence-electron chi connectivity index (χ2n) is 4.29. The summed E-state index contributed by atoms with van der Waals surface area (Å²) >= 11 is 0. The van der Waals surface area contributed by atoms with Crippen LogP contribution in [0.1, 0.15) is 39.5 Å². The Kier molecular flexibility index (Phi) is 3.53. The van der Waals surface area contributed by atoms with Crippen LogP contribution >= 0.6 is 0 Å². The SMILES string of the molecule is CC(C)CC1(O)CCCOCC1. The topological polar surface area (TPSA) is 29.5 Å². The van der Waals surface area contributed by atoms with Crippen molar-refractivity contribution < 1.29 is 9.84 Å². The summed E-state index contributed by atoms with van der Waals surface area (Å²) in [6, 6.07) is 0. The third-order valence-corrected chi connectivity index (χ3v) is 2.43. The van der Waals surface area contributed by atoms with E-state index in [0.29, 0.717) is 5.92 Å². The van der Waals surface area contributed by atoms with Gasteiger partial charge in [0, 0.05) is 13.2 Å². The highest BCUT2D eigenvalue weighted by Crippen LogP contribution is 2.27. The molecule has 1 heterocycles. The fraction of sp³-hybridized carbons (Fsp3) is 1.00. The average molecular weight is 172 g/mol. The Morgan fingerprint density at radius 3 is 2.75 bits per heavy atom. The van der Waals surface area contributed by atoms with Gasteiger partial charge in [-0.25, -0.2) is 0 Å². The minimum absolute atomic E-state index is 0.440. The van der Waals surface area contributed by atoms with Gasteiger partial charge in [-0.05, 0) is 31.6 Å². The van der Waals surface area contributed by atoms with Crippen LogP contribution in [0.15, 0.2) is 0 Å². The van der Waals surface area contributed by atoms with E-state index in [-0.39, 0.29) is 0 Å². The first-order valence-electron chi connectivity index (χ1n) is 4.92. The van der Waals surface area contributed by atoms with Crippen molar-refractivity contribution in [3.05, 3.63) is 0 Å². The Hall–Kier alpha value is -0.0800. The van der Waals surface area contributed by atoms with E-state index in [9.17, 15) is 5.11 Å². The molecule has 0 aliphatic carbocycles. The van der Waals surface area contributed by atoms with Crippen molar-refractivity contribution in [2.24, 2.45) is 5.92 Å². The molecule has 0 bridgehead atoms. The van der Waals surface area contributed by atoms with Crippen LogP contribution in [0.5, 0.6) is 0 Å². The third-order valence-electron chi connectivity index (χ3n) is 2.43. The molecule has 1 unspecified atom stereocenters. The van der Waals surface area contributed by atoms with Gasteiger partial charge in [0.05, 0.1) is 5.60 Å². The molecule has 0 aromatic heterocycles. The molecular weight excluding hydrogens is 152 g/mol. The highest BCUT2D eigenvalue weighted by Gasteiger charge is 2.28. The number of ether oxygens (including phenoxy) is 1. The molecule has 1 atom stereocenters. The van der Waals surface area contributed by atoms with Crippen LogP contribution in [-0.2, 0) is 4.74 Å². The van der Waals surface area contributed by atoms with E-state index in [0.717, 1.165) is 38.9 Å². The van der Waals surface area contributed by atoms with Gasteiger partial charge in [0.25, 0.3) is 0 Å². The Morgan fingerprint density at radius 2 is 2.08 bits per heavy atom. The molecule has 12 heavy (non-hydrogen) atoms. The highest BCUT2D eigenvalue weighted by molar-refractivity contribution is 4.80. The summed E-state index contributed by atoms with van der Waals surface area (Å²) in [5, 5.41) is 10.1. The van der Waals surface area contributed by atoms with E-state index in [1.807, 2.05) is 0 Å². The van der Waals surface area contributed by atoms with Crippen LogP contribution in [0.2, 0.25) is 0 Å². The van der Waals surface area contributed by atoms with Crippen molar-refractivity contribution >= 4 is 0 Å². The highest BCUT2D eigenvalue weighted by atomic mass is 16.5. The first-order valence-corrected chi connectivity index (χ1v) is 4.92. The third kappa shape index (κ3) is 3.11. The summed E-state index contributed by atoms with van der Waals surface area (Å²) in [4.78, 5) is 0. The second kappa shape index (κ2) is 4.24. The molecule has 72 valence electrons. The van der Waals surface area contributed by atoms with Crippen molar-refractivity contribution in [2.45, 2.75) is 45.1 Å². The fourth-order valence-electron chi connectivity index (χ4n) is 1.96. The Labute approximate surface area is 74.9 Å². The maximum atomic E-state index is 10.1. The molecule has 0 spiro atoms. The zero-order valence-electron chi connectivity index (χ0n) is 8.18. The van der Waals surface area contributed by atoms with Crippen molar-refractivity contribution in [1.82, 2.24) is 0 Å². The minimum Gasteiger partial charge on any atom is -0.390 e. The van der Waals surface area contributed by atoms with Crippen LogP contribution in [0.3, 0.4) is 0 Å². The first kappa shape index (κ1) is 10.0. The van der Waals surface area contributed by atoms with Crippen molar-refractivity contribution in [1.29, 1.82) is 0 Å². The van der Waals surface area contributed by atoms with Gasteiger partial charge in [0.1, 0.15) is 0 Å². The molecule has 1 saturated heterocycles. The van der Waals surface area contributed by atoms with Crippen molar-refractivity contribution in [2.75, 3.05) is 13.2 Å². The quantitative estimate of drug-likeness (QED) is 0.690. The lowest BCUT2D eigenvalue weighted by Crippen LogP contribution is -2.30. The summed E-state index contributed by atoms with van der Waals surface area (Å²) < 4.78 is 5.31. The van der Waals surface area contributed by atoms with Gasteiger partial charge in [-0.2, -0.15) is 0 Å². The van der Waals surface area contributed by atoms with E-state index in [2.05, 4.69) is 13.8 Å². The van der Waals surface area contributed by atoms with Crippen molar-refractivity contribution in [3.63, 3.8) is 0 Å². The number of rotatable bonds is 2. The lowest BCUT2D eigenvalue weighted by molar-refractivity contribution is 0.000343. The maximum absolute atomic E-state index is 10.1. The van der Waals surface area contributed by atoms with Crippen LogP contribution in [0.25, 0.3) is 0 Å². The van der Waals surface area contributed by atoms with Gasteiger partial charge in [-0.3, -0.25) is 0 Å². The summed E-state index contributed by atoms with van der Waals surface area (Å²) in [6.07, 6.45) is 3.63. The van der Waals surface area contributed by atoms with E-state index < -0.39 is 5.60 Å². The molecule has 2 nitrogen and oxygen atoms in total. The monoisotopic (exact) mass is 172 g/mol. The average Bonchev–Trinajstić information content (AvgIpc) is 2.12. The fourth-order valence-corrected chi connectivity index (χ4v) is 1.96. The Bertz CT molecular complexity index is 124. The van der Waals surface area contributed by atoms with Gasteiger partial charge in [0.2, 0.25) is 0 Å². The summed E-state index contributed by atoms with van der Waals surface area (Å²) in [6.45, 7) is 5.86. The lowest BCUT2D eigenvalue weighted by Gasteiger charge is -2.27. The van der Waals surface area contributed by atoms with Gasteiger partial charge in [-0.1, -0.05) is 13.8 Å². The minimum atomic E-state index is -0.440. The Morgan fingerprint density at radius 1 is 1.33 bits per heavy atom. The van der Waals surface area contributed by atoms with Crippen LogP contribution in [0, 0.1) is 5.92 Å². The number of aliphatic hydroxyl groups is 1. The van der Waals surface area contributed by atoms with Gasteiger partial charge in [0.15, 0.2) is 0 Å². The van der Waals surface area contributed by atoms with Crippen LogP contribution in [-0.4, -0.2) is 23.9 Å². The number of hydrogen-bond acceptors (Lipinski definition) is 2. The zero-order chi connectivity index (χ0) is 9.03. The summed E-state index contributed by atoms with van der Waals surface area (Å²) in [5.41, 5.74) is -0.440. The molecule has 0 radical (unpaired) electrons. The van der Waals surface area contributed by atoms with E-state index >= 15 is 0 Å².